The third kappa shape index (κ3) is 9.57. The molecule has 12 nitrogen and oxygen atoms in total. The van der Waals surface area contributed by atoms with Crippen LogP contribution in [0.5, 0.6) is 5.75 Å². The molecule has 0 saturated carbocycles. The normalized spacial score (nSPS) is 15.0. The summed E-state index contributed by atoms with van der Waals surface area (Å²) in [5, 5.41) is 8.41. The number of nitrogens with zero attached hydrogens (tertiary/aromatic N) is 2. The summed E-state index contributed by atoms with van der Waals surface area (Å²) in [7, 11) is -2.61. The molecular formula is C35H43N5O7S. The Morgan fingerprint density at radius 3 is 2.02 bits per heavy atom. The van der Waals surface area contributed by atoms with Gasteiger partial charge in [-0.1, -0.05) is 74.4 Å². The molecule has 256 valence electrons. The first-order chi connectivity index (χ1) is 23.0. The van der Waals surface area contributed by atoms with E-state index in [1.54, 1.807) is 48.5 Å². The highest BCUT2D eigenvalue weighted by atomic mass is 32.2. The van der Waals surface area contributed by atoms with Crippen LogP contribution in [0.15, 0.2) is 78.9 Å². The molecule has 1 aliphatic rings. The van der Waals surface area contributed by atoms with Crippen LogP contribution in [0.25, 0.3) is 0 Å². The molecule has 3 N–H and O–H groups in total. The fourth-order valence-electron chi connectivity index (χ4n) is 5.35. The molecule has 1 saturated heterocycles. The lowest BCUT2D eigenvalue weighted by Crippen LogP contribution is -2.55. The van der Waals surface area contributed by atoms with Gasteiger partial charge in [0.15, 0.2) is 0 Å². The van der Waals surface area contributed by atoms with Crippen LogP contribution >= 0.6 is 0 Å². The molecule has 0 unspecified atom stereocenters. The van der Waals surface area contributed by atoms with Crippen molar-refractivity contribution in [2.24, 2.45) is 0 Å². The molecule has 2 atom stereocenters. The summed E-state index contributed by atoms with van der Waals surface area (Å²) in [6.45, 7) is 3.38. The lowest BCUT2D eigenvalue weighted by molar-refractivity contribution is -0.131. The molecule has 0 spiro atoms. The lowest BCUT2D eigenvalue weighted by Gasteiger charge is -2.24. The molecule has 3 aromatic carbocycles. The number of nitrogens with one attached hydrogen (secondary N) is 3. The maximum absolute atomic E-state index is 13.5. The Kier molecular flexibility index (Phi) is 12.6. The zero-order chi connectivity index (χ0) is 34.7. The first kappa shape index (κ1) is 35.9. The van der Waals surface area contributed by atoms with Crippen molar-refractivity contribution in [3.05, 3.63) is 95.6 Å². The number of methoxy groups -OCH3 is 1. The number of rotatable bonds is 16. The maximum Gasteiger partial charge on any atom is 0.329 e. The van der Waals surface area contributed by atoms with E-state index in [1.807, 2.05) is 30.3 Å². The lowest BCUT2D eigenvalue weighted by atomic mass is 10.0. The van der Waals surface area contributed by atoms with Gasteiger partial charge in [0.25, 0.3) is 5.91 Å². The van der Waals surface area contributed by atoms with E-state index in [4.69, 9.17) is 4.74 Å². The zero-order valence-electron chi connectivity index (χ0n) is 27.5. The summed E-state index contributed by atoms with van der Waals surface area (Å²) in [6.07, 6.45) is 3.07. The van der Waals surface area contributed by atoms with Gasteiger partial charge in [0.05, 0.1) is 19.3 Å². The summed E-state index contributed by atoms with van der Waals surface area (Å²) in [4.78, 5) is 51.6. The minimum atomic E-state index is -4.14. The van der Waals surface area contributed by atoms with Crippen LogP contribution < -0.4 is 25.0 Å². The summed E-state index contributed by atoms with van der Waals surface area (Å²) < 4.78 is 33.8. The largest absolute Gasteiger partial charge is 0.497 e. The first-order valence-corrected chi connectivity index (χ1v) is 17.4. The van der Waals surface area contributed by atoms with E-state index < -0.39 is 34.1 Å². The van der Waals surface area contributed by atoms with Crippen LogP contribution in [0, 0.1) is 0 Å². The molecule has 4 rings (SSSR count). The van der Waals surface area contributed by atoms with Gasteiger partial charge in [-0.2, -0.15) is 8.42 Å². The van der Waals surface area contributed by atoms with E-state index in [-0.39, 0.29) is 37.7 Å². The third-order valence-electron chi connectivity index (χ3n) is 7.95. The Balaban J connectivity index is 1.49. The van der Waals surface area contributed by atoms with Gasteiger partial charge in [-0.3, -0.25) is 19.2 Å². The molecule has 1 aliphatic heterocycles. The number of hydrogen-bond donors (Lipinski definition) is 3. The Hall–Kier alpha value is -4.91. The van der Waals surface area contributed by atoms with Gasteiger partial charge >= 0.3 is 10.2 Å². The second-order valence-electron chi connectivity index (χ2n) is 11.6. The van der Waals surface area contributed by atoms with Crippen LogP contribution in [0.2, 0.25) is 0 Å². The molecule has 48 heavy (non-hydrogen) atoms. The molecule has 1 fully saturated rings. The molecule has 0 radical (unpaired) electrons. The van der Waals surface area contributed by atoms with Gasteiger partial charge in [-0.05, 0) is 47.4 Å². The number of carbonyl (C=O) groups is 4. The standard InChI is InChI=1S/C35H43N5O7S/c1-4-5-9-20-36-34(43)31(38-35(44)32(37-25(2)41)21-26-10-7-6-8-11-26)22-27-12-16-29(17-13-27)39-24-33(42)40(48(39,45)46)23-28-14-18-30(47-3)19-15-28/h6-8,10-19,31-32H,4-5,9,20-24H2,1-3H3,(H,36,43)(H,37,41)(H,38,44)/t31-,32-/m0/s1. The van der Waals surface area contributed by atoms with Crippen molar-refractivity contribution in [3.63, 3.8) is 0 Å². The Morgan fingerprint density at radius 2 is 1.42 bits per heavy atom. The Labute approximate surface area is 282 Å². The van der Waals surface area contributed by atoms with E-state index >= 15 is 0 Å². The molecule has 13 heteroatoms. The minimum Gasteiger partial charge on any atom is -0.497 e. The van der Waals surface area contributed by atoms with Gasteiger partial charge in [0.1, 0.15) is 24.4 Å². The smallest absolute Gasteiger partial charge is 0.329 e. The molecule has 1 heterocycles. The minimum absolute atomic E-state index is 0.110. The summed E-state index contributed by atoms with van der Waals surface area (Å²) in [5.74, 6) is -1.18. The Bertz CT molecular complexity index is 1670. The van der Waals surface area contributed by atoms with Crippen molar-refractivity contribution < 1.29 is 32.3 Å². The maximum atomic E-state index is 13.5. The highest BCUT2D eigenvalue weighted by molar-refractivity contribution is 7.91. The van der Waals surface area contributed by atoms with Crippen molar-refractivity contribution in [3.8, 4) is 5.75 Å². The van der Waals surface area contributed by atoms with E-state index in [0.29, 0.717) is 29.1 Å². The quantitative estimate of drug-likeness (QED) is 0.197. The highest BCUT2D eigenvalue weighted by Gasteiger charge is 2.42. The van der Waals surface area contributed by atoms with E-state index in [2.05, 4.69) is 22.9 Å². The van der Waals surface area contributed by atoms with Crippen molar-refractivity contribution in [2.45, 2.75) is 64.6 Å². The fraction of sp³-hybridized carbons (Fsp3) is 0.371. The average molecular weight is 678 g/mol. The predicted molar refractivity (Wildman–Crippen MR) is 182 cm³/mol. The molecule has 0 aliphatic carbocycles. The van der Waals surface area contributed by atoms with Crippen molar-refractivity contribution in [2.75, 3.05) is 24.5 Å². The van der Waals surface area contributed by atoms with E-state index in [9.17, 15) is 27.6 Å². The number of hydrogen-bond acceptors (Lipinski definition) is 7. The average Bonchev–Trinajstić information content (AvgIpc) is 3.30. The van der Waals surface area contributed by atoms with Gasteiger partial charge in [0.2, 0.25) is 17.7 Å². The summed E-state index contributed by atoms with van der Waals surface area (Å²) in [6, 6.07) is 20.7. The monoisotopic (exact) mass is 677 g/mol. The topological polar surface area (TPSA) is 154 Å². The number of anilines is 1. The number of ether oxygens (including phenoxy) is 1. The number of carbonyl (C=O) groups excluding carboxylic acids is 4. The molecule has 4 amide bonds. The van der Waals surface area contributed by atoms with Crippen molar-refractivity contribution in [1.82, 2.24) is 20.3 Å². The number of unbranched alkanes of at least 4 members (excludes halogenated alkanes) is 2. The molecule has 3 aromatic rings. The zero-order valence-corrected chi connectivity index (χ0v) is 28.3. The van der Waals surface area contributed by atoms with Crippen LogP contribution in [0.4, 0.5) is 5.69 Å². The highest BCUT2D eigenvalue weighted by Crippen LogP contribution is 2.28. The van der Waals surface area contributed by atoms with Gasteiger partial charge in [-0.15, -0.1) is 0 Å². The summed E-state index contributed by atoms with van der Waals surface area (Å²) >= 11 is 0. The van der Waals surface area contributed by atoms with Crippen molar-refractivity contribution in [1.29, 1.82) is 0 Å². The molecular weight excluding hydrogens is 634 g/mol. The van der Waals surface area contributed by atoms with Crippen LogP contribution in [0.1, 0.15) is 49.8 Å². The van der Waals surface area contributed by atoms with E-state index in [0.717, 1.165) is 33.4 Å². The second kappa shape index (κ2) is 16.8. The first-order valence-electron chi connectivity index (χ1n) is 16.0. The van der Waals surface area contributed by atoms with Crippen LogP contribution in [0.3, 0.4) is 0 Å². The van der Waals surface area contributed by atoms with Gasteiger partial charge in [-0.25, -0.2) is 8.61 Å². The van der Waals surface area contributed by atoms with Gasteiger partial charge in [0, 0.05) is 26.3 Å². The Morgan fingerprint density at radius 1 is 0.812 bits per heavy atom. The van der Waals surface area contributed by atoms with Crippen LogP contribution in [-0.4, -0.2) is 68.6 Å². The molecule has 0 aromatic heterocycles. The fourth-order valence-corrected chi connectivity index (χ4v) is 6.88. The molecule has 0 bridgehead atoms. The predicted octanol–water partition coefficient (Wildman–Crippen LogP) is 2.87. The second-order valence-corrected chi connectivity index (χ2v) is 13.4. The number of amides is 4. The van der Waals surface area contributed by atoms with E-state index in [1.165, 1.54) is 14.0 Å². The SMILES string of the molecule is CCCCCNC(=O)[C@H](Cc1ccc(N2CC(=O)N(Cc3ccc(OC)cc3)S2(=O)=O)cc1)NC(=O)[C@H](Cc1ccccc1)NC(C)=O. The summed E-state index contributed by atoms with van der Waals surface area (Å²) in [5.41, 5.74) is 2.43. The third-order valence-corrected chi connectivity index (χ3v) is 9.74. The van der Waals surface area contributed by atoms with Gasteiger partial charge < -0.3 is 20.7 Å². The van der Waals surface area contributed by atoms with Crippen LogP contribution in [-0.2, 0) is 48.8 Å². The number of benzene rings is 3. The van der Waals surface area contributed by atoms with Crippen molar-refractivity contribution >= 4 is 39.5 Å².